The Morgan fingerprint density at radius 3 is 2.59 bits per heavy atom. The summed E-state index contributed by atoms with van der Waals surface area (Å²) in [7, 11) is 0. The van der Waals surface area contributed by atoms with Gasteiger partial charge >= 0.3 is 5.63 Å². The fourth-order valence-electron chi connectivity index (χ4n) is 3.63. The van der Waals surface area contributed by atoms with Crippen LogP contribution >= 0.6 is 0 Å². The molecule has 1 N–H and O–H groups in total. The minimum Gasteiger partial charge on any atom is -0.454 e. The van der Waals surface area contributed by atoms with Crippen LogP contribution in [-0.2, 0) is 6.54 Å². The lowest BCUT2D eigenvalue weighted by molar-refractivity contribution is 0.552. The van der Waals surface area contributed by atoms with E-state index in [1.54, 1.807) is 0 Å². The highest BCUT2D eigenvalue weighted by atomic mass is 16.4. The second-order valence-electron chi connectivity index (χ2n) is 8.11. The number of nitrogens with one attached hydrogen (secondary N) is 1. The Bertz CT molecular complexity index is 1260. The Balaban J connectivity index is 1.88. The third-order valence-electron chi connectivity index (χ3n) is 5.39. The molecule has 0 fully saturated rings. The maximum atomic E-state index is 12.3. The lowest BCUT2D eigenvalue weighted by atomic mass is 10.0. The highest BCUT2D eigenvalue weighted by Crippen LogP contribution is 2.35. The van der Waals surface area contributed by atoms with E-state index < -0.39 is 0 Å². The highest BCUT2D eigenvalue weighted by molar-refractivity contribution is 5.97. The van der Waals surface area contributed by atoms with Crippen LogP contribution in [0.1, 0.15) is 36.2 Å². The zero-order valence-corrected chi connectivity index (χ0v) is 17.6. The van der Waals surface area contributed by atoms with E-state index in [1.165, 1.54) is 6.07 Å². The summed E-state index contributed by atoms with van der Waals surface area (Å²) >= 11 is 0. The van der Waals surface area contributed by atoms with Crippen LogP contribution in [0.5, 0.6) is 0 Å². The molecule has 0 bridgehead atoms. The molecule has 0 aliphatic rings. The van der Waals surface area contributed by atoms with Crippen molar-refractivity contribution >= 4 is 21.9 Å². The molecule has 0 amide bonds. The molecule has 3 heterocycles. The van der Waals surface area contributed by atoms with Crippen molar-refractivity contribution in [1.82, 2.24) is 10.3 Å². The van der Waals surface area contributed by atoms with Crippen molar-refractivity contribution in [2.45, 2.75) is 41.2 Å². The van der Waals surface area contributed by atoms with Crippen LogP contribution in [0, 0.1) is 26.7 Å². The number of rotatable bonds is 5. The van der Waals surface area contributed by atoms with Gasteiger partial charge in [-0.15, -0.1) is 0 Å². The van der Waals surface area contributed by atoms with Crippen LogP contribution < -0.4 is 10.9 Å². The van der Waals surface area contributed by atoms with Crippen molar-refractivity contribution < 1.29 is 8.83 Å². The molecule has 0 radical (unpaired) electrons. The molecule has 1 aromatic carbocycles. The standard InChI is InChI=1S/C24H26N2O3/c1-13(2)10-25-11-17-12-26-16(5)24-19(17)8-21(28-24)20-9-22(27)29-23-15(4)14(3)6-7-18(20)23/h6-9,12-13,25H,10-11H2,1-5H3. The average Bonchev–Trinajstić information content (AvgIpc) is 3.12. The maximum absolute atomic E-state index is 12.3. The molecule has 0 spiro atoms. The van der Waals surface area contributed by atoms with Gasteiger partial charge in [0.25, 0.3) is 0 Å². The molecule has 150 valence electrons. The molecule has 29 heavy (non-hydrogen) atoms. The van der Waals surface area contributed by atoms with Gasteiger partial charge in [-0.25, -0.2) is 4.79 Å². The molecule has 0 atom stereocenters. The fraction of sp³-hybridized carbons (Fsp3) is 0.333. The van der Waals surface area contributed by atoms with Gasteiger partial charge in [0.15, 0.2) is 5.58 Å². The van der Waals surface area contributed by atoms with E-state index >= 15 is 0 Å². The lowest BCUT2D eigenvalue weighted by Crippen LogP contribution is -2.19. The molecular weight excluding hydrogens is 364 g/mol. The van der Waals surface area contributed by atoms with E-state index in [0.717, 1.165) is 57.4 Å². The predicted molar refractivity (Wildman–Crippen MR) is 116 cm³/mol. The summed E-state index contributed by atoms with van der Waals surface area (Å²) in [6, 6.07) is 7.55. The van der Waals surface area contributed by atoms with E-state index in [4.69, 9.17) is 8.83 Å². The average molecular weight is 390 g/mol. The molecule has 0 saturated carbocycles. The van der Waals surface area contributed by atoms with Gasteiger partial charge in [0, 0.05) is 35.1 Å². The monoisotopic (exact) mass is 390 g/mol. The van der Waals surface area contributed by atoms with Crippen LogP contribution in [0.15, 0.2) is 44.1 Å². The molecule has 5 nitrogen and oxygen atoms in total. The van der Waals surface area contributed by atoms with E-state index in [2.05, 4.69) is 24.1 Å². The number of benzene rings is 1. The maximum Gasteiger partial charge on any atom is 0.336 e. The third-order valence-corrected chi connectivity index (χ3v) is 5.39. The van der Waals surface area contributed by atoms with Crippen molar-refractivity contribution in [3.8, 4) is 11.3 Å². The first-order valence-electron chi connectivity index (χ1n) is 9.98. The van der Waals surface area contributed by atoms with Crippen LogP contribution in [0.25, 0.3) is 33.3 Å². The first-order chi connectivity index (χ1) is 13.8. The molecule has 3 aromatic heterocycles. The summed E-state index contributed by atoms with van der Waals surface area (Å²) in [6.07, 6.45) is 1.90. The van der Waals surface area contributed by atoms with Gasteiger partial charge in [-0.2, -0.15) is 0 Å². The smallest absolute Gasteiger partial charge is 0.336 e. The number of fused-ring (bicyclic) bond motifs is 2. The van der Waals surface area contributed by atoms with Crippen LogP contribution in [0.4, 0.5) is 0 Å². The molecule has 4 rings (SSSR count). The normalized spacial score (nSPS) is 11.8. The molecule has 5 heteroatoms. The summed E-state index contributed by atoms with van der Waals surface area (Å²) in [4.78, 5) is 16.8. The number of aromatic nitrogens is 1. The molecule has 0 unspecified atom stereocenters. The molecule has 0 aliphatic heterocycles. The van der Waals surface area contributed by atoms with Gasteiger partial charge < -0.3 is 14.2 Å². The lowest BCUT2D eigenvalue weighted by Gasteiger charge is -2.08. The molecular formula is C24H26N2O3. The highest BCUT2D eigenvalue weighted by Gasteiger charge is 2.17. The summed E-state index contributed by atoms with van der Waals surface area (Å²) in [5.74, 6) is 1.23. The Hall–Kier alpha value is -2.92. The van der Waals surface area contributed by atoms with Crippen LogP contribution in [-0.4, -0.2) is 11.5 Å². The number of nitrogens with zero attached hydrogens (tertiary/aromatic N) is 1. The zero-order valence-electron chi connectivity index (χ0n) is 17.6. The van der Waals surface area contributed by atoms with Crippen molar-refractivity contribution in [3.63, 3.8) is 0 Å². The number of hydrogen-bond donors (Lipinski definition) is 1. The second kappa shape index (κ2) is 7.48. The van der Waals surface area contributed by atoms with Crippen LogP contribution in [0.2, 0.25) is 0 Å². The van der Waals surface area contributed by atoms with Crippen molar-refractivity contribution in [3.05, 3.63) is 63.3 Å². The van der Waals surface area contributed by atoms with Crippen molar-refractivity contribution in [2.75, 3.05) is 6.54 Å². The number of furan rings is 1. The van der Waals surface area contributed by atoms with Gasteiger partial charge in [-0.1, -0.05) is 26.0 Å². The Morgan fingerprint density at radius 1 is 1.03 bits per heavy atom. The first-order valence-corrected chi connectivity index (χ1v) is 9.98. The van der Waals surface area contributed by atoms with Gasteiger partial charge in [-0.3, -0.25) is 4.98 Å². The van der Waals surface area contributed by atoms with Gasteiger partial charge in [0.2, 0.25) is 0 Å². The number of hydrogen-bond acceptors (Lipinski definition) is 5. The van der Waals surface area contributed by atoms with Gasteiger partial charge in [0.1, 0.15) is 11.3 Å². The zero-order chi connectivity index (χ0) is 20.7. The summed E-state index contributed by atoms with van der Waals surface area (Å²) in [5.41, 5.74) is 5.70. The van der Waals surface area contributed by atoms with Crippen molar-refractivity contribution in [1.29, 1.82) is 0 Å². The Morgan fingerprint density at radius 2 is 1.83 bits per heavy atom. The number of aryl methyl sites for hydroxylation is 3. The first kappa shape index (κ1) is 19.4. The SMILES string of the molecule is Cc1ccc2c(-c3cc4c(CNCC(C)C)cnc(C)c4o3)cc(=O)oc2c1C. The minimum atomic E-state index is -0.379. The minimum absolute atomic E-state index is 0.379. The summed E-state index contributed by atoms with van der Waals surface area (Å²) < 4.78 is 11.7. The molecule has 4 aromatic rings. The van der Waals surface area contributed by atoms with E-state index in [9.17, 15) is 4.79 Å². The topological polar surface area (TPSA) is 68.3 Å². The van der Waals surface area contributed by atoms with E-state index in [-0.39, 0.29) is 5.63 Å². The van der Waals surface area contributed by atoms with Crippen molar-refractivity contribution in [2.24, 2.45) is 5.92 Å². The van der Waals surface area contributed by atoms with Crippen LogP contribution in [0.3, 0.4) is 0 Å². The fourth-order valence-corrected chi connectivity index (χ4v) is 3.63. The molecule has 0 aliphatic carbocycles. The largest absolute Gasteiger partial charge is 0.454 e. The van der Waals surface area contributed by atoms with Gasteiger partial charge in [0.05, 0.1) is 5.69 Å². The Labute approximate surface area is 169 Å². The number of pyridine rings is 1. The summed E-state index contributed by atoms with van der Waals surface area (Å²) in [5, 5.41) is 5.36. The predicted octanol–water partition coefficient (Wildman–Crippen LogP) is 5.27. The second-order valence-corrected chi connectivity index (χ2v) is 8.11. The third kappa shape index (κ3) is 3.58. The quantitative estimate of drug-likeness (QED) is 0.470. The van der Waals surface area contributed by atoms with E-state index in [1.807, 2.05) is 45.2 Å². The van der Waals surface area contributed by atoms with E-state index in [0.29, 0.717) is 17.3 Å². The molecule has 0 saturated heterocycles. The van der Waals surface area contributed by atoms with Gasteiger partial charge in [-0.05, 0) is 56.0 Å². The Kier molecular flexibility index (Phi) is 5.01. The summed E-state index contributed by atoms with van der Waals surface area (Å²) in [6.45, 7) is 11.9.